The number of rotatable bonds is 4. The minimum atomic E-state index is 0.187. The summed E-state index contributed by atoms with van der Waals surface area (Å²) in [6.45, 7) is 2.12. The summed E-state index contributed by atoms with van der Waals surface area (Å²) in [7, 11) is 0. The third kappa shape index (κ3) is 3.66. The Morgan fingerprint density at radius 1 is 1.29 bits per heavy atom. The molecule has 0 saturated carbocycles. The Kier molecular flexibility index (Phi) is 4.37. The van der Waals surface area contributed by atoms with Crippen LogP contribution in [0.1, 0.15) is 16.0 Å². The molecule has 0 bridgehead atoms. The first-order valence-electron chi connectivity index (χ1n) is 5.68. The van der Waals surface area contributed by atoms with Crippen molar-refractivity contribution in [3.8, 4) is 0 Å². The molecule has 2 aromatic rings. The molecule has 0 spiro atoms. The zero-order chi connectivity index (χ0) is 12.3. The van der Waals surface area contributed by atoms with Crippen molar-refractivity contribution >= 4 is 27.3 Å². The van der Waals surface area contributed by atoms with E-state index in [1.807, 2.05) is 0 Å². The van der Waals surface area contributed by atoms with Gasteiger partial charge >= 0.3 is 0 Å². The maximum absolute atomic E-state index is 6.20. The zero-order valence-corrected chi connectivity index (χ0v) is 12.2. The highest BCUT2D eigenvalue weighted by atomic mass is 79.9. The van der Waals surface area contributed by atoms with Gasteiger partial charge in [0.1, 0.15) is 0 Å². The maximum atomic E-state index is 6.20. The van der Waals surface area contributed by atoms with Gasteiger partial charge in [-0.2, -0.15) is 0 Å². The van der Waals surface area contributed by atoms with E-state index in [4.69, 9.17) is 5.73 Å². The van der Waals surface area contributed by atoms with E-state index in [0.717, 1.165) is 12.8 Å². The fourth-order valence-electron chi connectivity index (χ4n) is 1.92. The van der Waals surface area contributed by atoms with Gasteiger partial charge in [0.15, 0.2) is 0 Å². The molecule has 0 radical (unpaired) electrons. The topological polar surface area (TPSA) is 26.0 Å². The zero-order valence-electron chi connectivity index (χ0n) is 9.82. The maximum Gasteiger partial charge on any atom is 0.0314 e. The predicted octanol–water partition coefficient (Wildman–Crippen LogP) is 3.93. The minimum absolute atomic E-state index is 0.187. The third-order valence-electron chi connectivity index (χ3n) is 2.72. The molecule has 1 unspecified atom stereocenters. The van der Waals surface area contributed by atoms with Gasteiger partial charge in [0.2, 0.25) is 0 Å². The molecule has 0 saturated heterocycles. The first-order valence-corrected chi connectivity index (χ1v) is 7.35. The highest BCUT2D eigenvalue weighted by Crippen LogP contribution is 2.24. The molecule has 1 atom stereocenters. The van der Waals surface area contributed by atoms with Crippen molar-refractivity contribution in [2.75, 3.05) is 0 Å². The molecule has 0 aliphatic heterocycles. The summed E-state index contributed by atoms with van der Waals surface area (Å²) in [5.41, 5.74) is 8.82. The van der Waals surface area contributed by atoms with Crippen LogP contribution in [-0.2, 0) is 12.8 Å². The molecule has 17 heavy (non-hydrogen) atoms. The number of thiophene rings is 1. The Morgan fingerprint density at radius 2 is 2.12 bits per heavy atom. The molecular weight excluding hydrogens is 294 g/mol. The number of halogens is 1. The second-order valence-corrected chi connectivity index (χ2v) is 6.20. The van der Waals surface area contributed by atoms with Crippen LogP contribution in [0.25, 0.3) is 0 Å². The molecule has 1 heterocycles. The molecule has 0 amide bonds. The van der Waals surface area contributed by atoms with Crippen LogP contribution >= 0.6 is 27.3 Å². The molecule has 0 fully saturated rings. The Labute approximate surface area is 115 Å². The molecule has 2 rings (SSSR count). The number of hydrogen-bond donors (Lipinski definition) is 1. The van der Waals surface area contributed by atoms with E-state index in [1.165, 1.54) is 20.5 Å². The molecule has 1 aromatic heterocycles. The summed E-state index contributed by atoms with van der Waals surface area (Å²) in [6, 6.07) is 10.8. The van der Waals surface area contributed by atoms with Gasteiger partial charge in [-0.1, -0.05) is 29.8 Å². The van der Waals surface area contributed by atoms with E-state index in [9.17, 15) is 0 Å². The van der Waals surface area contributed by atoms with E-state index < -0.39 is 0 Å². The first kappa shape index (κ1) is 12.8. The van der Waals surface area contributed by atoms with Crippen LogP contribution in [0.15, 0.2) is 40.2 Å². The van der Waals surface area contributed by atoms with Crippen LogP contribution in [0.2, 0.25) is 0 Å². The van der Waals surface area contributed by atoms with E-state index in [1.54, 1.807) is 11.3 Å². The number of nitrogens with two attached hydrogens (primary N) is 1. The lowest BCUT2D eigenvalue weighted by molar-refractivity contribution is 0.669. The van der Waals surface area contributed by atoms with Gasteiger partial charge in [-0.3, -0.25) is 0 Å². The van der Waals surface area contributed by atoms with E-state index in [2.05, 4.69) is 58.6 Å². The molecule has 0 aliphatic rings. The molecular formula is C14H16BrNS. The van der Waals surface area contributed by atoms with Crippen molar-refractivity contribution in [3.63, 3.8) is 0 Å². The van der Waals surface area contributed by atoms with Crippen LogP contribution in [0.4, 0.5) is 0 Å². The molecule has 0 aliphatic carbocycles. The molecule has 2 N–H and O–H groups in total. The average Bonchev–Trinajstić information content (AvgIpc) is 2.64. The van der Waals surface area contributed by atoms with Crippen LogP contribution in [-0.4, -0.2) is 6.04 Å². The fraction of sp³-hybridized carbons (Fsp3) is 0.286. The summed E-state index contributed by atoms with van der Waals surface area (Å²) >= 11 is 5.31. The van der Waals surface area contributed by atoms with Gasteiger partial charge in [0.25, 0.3) is 0 Å². The second kappa shape index (κ2) is 5.80. The predicted molar refractivity (Wildman–Crippen MR) is 78.6 cm³/mol. The average molecular weight is 310 g/mol. The van der Waals surface area contributed by atoms with Crippen LogP contribution in [0, 0.1) is 6.92 Å². The van der Waals surface area contributed by atoms with Gasteiger partial charge in [-0.15, -0.1) is 11.3 Å². The molecule has 3 heteroatoms. The lowest BCUT2D eigenvalue weighted by Crippen LogP contribution is -2.25. The quantitative estimate of drug-likeness (QED) is 0.910. The summed E-state index contributed by atoms with van der Waals surface area (Å²) in [5, 5.41) is 2.10. The van der Waals surface area contributed by atoms with E-state index in [0.29, 0.717) is 0 Å². The van der Waals surface area contributed by atoms with Crippen LogP contribution < -0.4 is 5.73 Å². The van der Waals surface area contributed by atoms with Crippen LogP contribution in [0.5, 0.6) is 0 Å². The summed E-state index contributed by atoms with van der Waals surface area (Å²) in [4.78, 5) is 1.34. The lowest BCUT2D eigenvalue weighted by atomic mass is 10.0. The minimum Gasteiger partial charge on any atom is -0.327 e. The highest BCUT2D eigenvalue weighted by molar-refractivity contribution is 9.10. The van der Waals surface area contributed by atoms with Crippen molar-refractivity contribution in [2.45, 2.75) is 25.8 Å². The van der Waals surface area contributed by atoms with Gasteiger partial charge in [0.05, 0.1) is 0 Å². The standard InChI is InChI=1S/C14H16BrNS/c1-10-3-2-4-11(7-10)8-12(16)9-14-13(15)5-6-17-14/h2-7,12H,8-9,16H2,1H3. The van der Waals surface area contributed by atoms with Gasteiger partial charge in [-0.05, 0) is 52.7 Å². The lowest BCUT2D eigenvalue weighted by Gasteiger charge is -2.11. The van der Waals surface area contributed by atoms with Crippen molar-refractivity contribution < 1.29 is 0 Å². The van der Waals surface area contributed by atoms with Crippen molar-refractivity contribution in [3.05, 3.63) is 56.2 Å². The summed E-state index contributed by atoms with van der Waals surface area (Å²) in [6.07, 6.45) is 1.87. The van der Waals surface area contributed by atoms with Gasteiger partial charge in [0, 0.05) is 15.4 Å². The largest absolute Gasteiger partial charge is 0.327 e. The Bertz CT molecular complexity index is 492. The highest BCUT2D eigenvalue weighted by Gasteiger charge is 2.09. The monoisotopic (exact) mass is 309 g/mol. The first-order chi connectivity index (χ1) is 8.15. The second-order valence-electron chi connectivity index (χ2n) is 4.35. The SMILES string of the molecule is Cc1cccc(CC(N)Cc2sccc2Br)c1. The molecule has 1 aromatic carbocycles. The molecule has 1 nitrogen and oxygen atoms in total. The summed E-state index contributed by atoms with van der Waals surface area (Å²) in [5.74, 6) is 0. The number of hydrogen-bond acceptors (Lipinski definition) is 2. The Morgan fingerprint density at radius 3 is 2.76 bits per heavy atom. The number of aryl methyl sites for hydroxylation is 1. The smallest absolute Gasteiger partial charge is 0.0314 e. The number of benzene rings is 1. The van der Waals surface area contributed by atoms with Crippen molar-refractivity contribution in [1.82, 2.24) is 0 Å². The third-order valence-corrected chi connectivity index (χ3v) is 4.67. The van der Waals surface area contributed by atoms with Gasteiger partial charge in [-0.25, -0.2) is 0 Å². The molecule has 90 valence electrons. The van der Waals surface area contributed by atoms with E-state index in [-0.39, 0.29) is 6.04 Å². The fourth-order valence-corrected chi connectivity index (χ4v) is 3.53. The van der Waals surface area contributed by atoms with Crippen LogP contribution in [0.3, 0.4) is 0 Å². The van der Waals surface area contributed by atoms with Crippen molar-refractivity contribution in [1.29, 1.82) is 0 Å². The summed E-state index contributed by atoms with van der Waals surface area (Å²) < 4.78 is 1.18. The normalized spacial score (nSPS) is 12.6. The van der Waals surface area contributed by atoms with Crippen molar-refractivity contribution in [2.24, 2.45) is 5.73 Å². The Balaban J connectivity index is 1.98. The van der Waals surface area contributed by atoms with E-state index >= 15 is 0 Å². The Hall–Kier alpha value is -0.640. The van der Waals surface area contributed by atoms with Gasteiger partial charge < -0.3 is 5.73 Å².